The first-order valence-corrected chi connectivity index (χ1v) is 8.81. The molecule has 136 valence electrons. The van der Waals surface area contributed by atoms with Gasteiger partial charge < -0.3 is 10.1 Å². The molecule has 0 heterocycles. The van der Waals surface area contributed by atoms with Gasteiger partial charge in [-0.1, -0.05) is 30.3 Å². The number of hydrogen-bond donors (Lipinski definition) is 1. The molecule has 0 saturated heterocycles. The number of carbonyl (C=O) groups is 2. The third-order valence-electron chi connectivity index (χ3n) is 4.75. The fourth-order valence-electron chi connectivity index (χ4n) is 3.19. The Morgan fingerprint density at radius 1 is 1.23 bits per heavy atom. The predicted octanol–water partition coefficient (Wildman–Crippen LogP) is 3.87. The lowest BCUT2D eigenvalue weighted by Crippen LogP contribution is -2.39. The molecule has 5 heteroatoms. The Kier molecular flexibility index (Phi) is 5.35. The van der Waals surface area contributed by atoms with Crippen molar-refractivity contribution in [2.75, 3.05) is 0 Å². The second-order valence-electron chi connectivity index (χ2n) is 6.66. The molecule has 4 nitrogen and oxygen atoms in total. The minimum absolute atomic E-state index is 0.0783. The number of aryl methyl sites for hydroxylation is 2. The average Bonchev–Trinajstić information content (AvgIpc) is 2.64. The Morgan fingerprint density at radius 2 is 2.00 bits per heavy atom. The van der Waals surface area contributed by atoms with E-state index in [9.17, 15) is 14.0 Å². The third kappa shape index (κ3) is 3.93. The molecule has 1 aliphatic rings. The summed E-state index contributed by atoms with van der Waals surface area (Å²) in [6.07, 6.45) is 1.90. The highest BCUT2D eigenvalue weighted by molar-refractivity contribution is 5.92. The van der Waals surface area contributed by atoms with Gasteiger partial charge in [-0.3, -0.25) is 4.79 Å². The van der Waals surface area contributed by atoms with E-state index in [2.05, 4.69) is 11.4 Å². The summed E-state index contributed by atoms with van der Waals surface area (Å²) < 4.78 is 18.8. The number of rotatable bonds is 4. The van der Waals surface area contributed by atoms with E-state index in [4.69, 9.17) is 4.74 Å². The summed E-state index contributed by atoms with van der Waals surface area (Å²) in [4.78, 5) is 24.6. The van der Waals surface area contributed by atoms with Gasteiger partial charge in [0.1, 0.15) is 5.82 Å². The molecule has 0 spiro atoms. The molecule has 0 bridgehead atoms. The van der Waals surface area contributed by atoms with Crippen LogP contribution in [-0.2, 0) is 16.0 Å². The van der Waals surface area contributed by atoms with Crippen LogP contribution in [0.15, 0.2) is 42.5 Å². The van der Waals surface area contributed by atoms with Crippen LogP contribution in [0.5, 0.6) is 0 Å². The number of halogens is 1. The van der Waals surface area contributed by atoms with E-state index in [0.717, 1.165) is 30.9 Å². The molecular formula is C21H22FNO3. The van der Waals surface area contributed by atoms with Gasteiger partial charge in [-0.15, -0.1) is 0 Å². The maximum absolute atomic E-state index is 13.6. The number of carbonyl (C=O) groups excluding carboxylic acids is 2. The molecule has 0 radical (unpaired) electrons. The predicted molar refractivity (Wildman–Crippen MR) is 96.3 cm³/mol. The van der Waals surface area contributed by atoms with Crippen LogP contribution in [0.1, 0.15) is 52.9 Å². The molecule has 0 aliphatic heterocycles. The summed E-state index contributed by atoms with van der Waals surface area (Å²) in [5, 5.41) is 2.96. The smallest absolute Gasteiger partial charge is 0.339 e. The van der Waals surface area contributed by atoms with E-state index in [-0.39, 0.29) is 17.5 Å². The van der Waals surface area contributed by atoms with Crippen LogP contribution < -0.4 is 5.32 Å². The number of fused-ring (bicyclic) bond motifs is 1. The fraction of sp³-hybridized carbons (Fsp3) is 0.333. The van der Waals surface area contributed by atoms with Gasteiger partial charge >= 0.3 is 5.97 Å². The van der Waals surface area contributed by atoms with Crippen LogP contribution in [-0.4, -0.2) is 18.0 Å². The summed E-state index contributed by atoms with van der Waals surface area (Å²) in [6.45, 7) is 3.13. The highest BCUT2D eigenvalue weighted by atomic mass is 19.1. The van der Waals surface area contributed by atoms with Crippen LogP contribution in [0.4, 0.5) is 4.39 Å². The number of benzene rings is 2. The van der Waals surface area contributed by atoms with Gasteiger partial charge in [-0.25, -0.2) is 9.18 Å². The van der Waals surface area contributed by atoms with Crippen LogP contribution >= 0.6 is 0 Å². The molecule has 0 saturated carbocycles. The first-order chi connectivity index (χ1) is 12.5. The lowest BCUT2D eigenvalue weighted by molar-refractivity contribution is -0.130. The van der Waals surface area contributed by atoms with Crippen molar-refractivity contribution in [3.63, 3.8) is 0 Å². The van der Waals surface area contributed by atoms with Crippen LogP contribution in [0.2, 0.25) is 0 Å². The first-order valence-electron chi connectivity index (χ1n) is 8.81. The highest BCUT2D eigenvalue weighted by Gasteiger charge is 2.25. The number of esters is 1. The third-order valence-corrected chi connectivity index (χ3v) is 4.75. The molecule has 0 aromatic heterocycles. The lowest BCUT2D eigenvalue weighted by Gasteiger charge is -2.27. The van der Waals surface area contributed by atoms with Crippen molar-refractivity contribution < 1.29 is 18.7 Å². The molecular weight excluding hydrogens is 333 g/mol. The molecule has 1 amide bonds. The topological polar surface area (TPSA) is 55.4 Å². The van der Waals surface area contributed by atoms with E-state index < -0.39 is 17.9 Å². The van der Waals surface area contributed by atoms with Crippen molar-refractivity contribution in [3.05, 3.63) is 70.5 Å². The van der Waals surface area contributed by atoms with Gasteiger partial charge in [0.05, 0.1) is 11.6 Å². The Morgan fingerprint density at radius 3 is 2.77 bits per heavy atom. The van der Waals surface area contributed by atoms with E-state index >= 15 is 0 Å². The zero-order valence-electron chi connectivity index (χ0n) is 14.9. The zero-order chi connectivity index (χ0) is 18.7. The molecule has 2 aromatic rings. The second kappa shape index (κ2) is 7.68. The van der Waals surface area contributed by atoms with Crippen molar-refractivity contribution in [2.24, 2.45) is 0 Å². The number of amides is 1. The molecule has 26 heavy (non-hydrogen) atoms. The van der Waals surface area contributed by atoms with E-state index in [0.29, 0.717) is 5.56 Å². The van der Waals surface area contributed by atoms with Gasteiger partial charge in [0.2, 0.25) is 0 Å². The fourth-order valence-corrected chi connectivity index (χ4v) is 3.19. The number of ether oxygens (including phenoxy) is 1. The summed E-state index contributed by atoms with van der Waals surface area (Å²) >= 11 is 0. The molecule has 1 N–H and O–H groups in total. The SMILES string of the molecule is Cc1ccc(C(=O)O[C@H](C)C(=O)N[C@@H]2CCCc3ccccc32)cc1F. The molecule has 0 fully saturated rings. The Bertz CT molecular complexity index is 834. The van der Waals surface area contributed by atoms with Gasteiger partial charge in [0.25, 0.3) is 5.91 Å². The Hall–Kier alpha value is -2.69. The van der Waals surface area contributed by atoms with Crippen LogP contribution in [0, 0.1) is 12.7 Å². The van der Waals surface area contributed by atoms with E-state index in [1.165, 1.54) is 24.6 Å². The minimum atomic E-state index is -0.957. The molecule has 3 rings (SSSR count). The molecule has 0 unspecified atom stereocenters. The number of nitrogens with one attached hydrogen (secondary N) is 1. The van der Waals surface area contributed by atoms with Crippen molar-refractivity contribution in [1.29, 1.82) is 0 Å². The van der Waals surface area contributed by atoms with E-state index in [1.807, 2.05) is 18.2 Å². The van der Waals surface area contributed by atoms with Crippen molar-refractivity contribution >= 4 is 11.9 Å². The normalized spacial score (nSPS) is 17.1. The van der Waals surface area contributed by atoms with E-state index in [1.54, 1.807) is 6.92 Å². The Labute approximate surface area is 152 Å². The average molecular weight is 355 g/mol. The van der Waals surface area contributed by atoms with Crippen LogP contribution in [0.25, 0.3) is 0 Å². The first kappa shape index (κ1) is 18.1. The maximum atomic E-state index is 13.6. The quantitative estimate of drug-likeness (QED) is 0.847. The van der Waals surface area contributed by atoms with Gasteiger partial charge in [-0.05, 0) is 61.9 Å². The summed E-state index contributed by atoms with van der Waals surface area (Å²) in [7, 11) is 0. The van der Waals surface area contributed by atoms with Gasteiger partial charge in [-0.2, -0.15) is 0 Å². The lowest BCUT2D eigenvalue weighted by atomic mass is 9.87. The van der Waals surface area contributed by atoms with Crippen molar-refractivity contribution in [1.82, 2.24) is 5.32 Å². The summed E-state index contributed by atoms with van der Waals surface area (Å²) in [5.41, 5.74) is 2.90. The monoisotopic (exact) mass is 355 g/mol. The minimum Gasteiger partial charge on any atom is -0.449 e. The van der Waals surface area contributed by atoms with Crippen LogP contribution in [0.3, 0.4) is 0 Å². The molecule has 2 atom stereocenters. The van der Waals surface area contributed by atoms with Gasteiger partial charge in [0.15, 0.2) is 6.10 Å². The highest BCUT2D eigenvalue weighted by Crippen LogP contribution is 2.29. The maximum Gasteiger partial charge on any atom is 0.339 e. The van der Waals surface area contributed by atoms with Crippen molar-refractivity contribution in [2.45, 2.75) is 45.3 Å². The number of hydrogen-bond acceptors (Lipinski definition) is 3. The second-order valence-corrected chi connectivity index (χ2v) is 6.66. The Balaban J connectivity index is 1.63. The zero-order valence-corrected chi connectivity index (χ0v) is 14.9. The molecule has 2 aromatic carbocycles. The van der Waals surface area contributed by atoms with Gasteiger partial charge in [0, 0.05) is 0 Å². The standard InChI is InChI=1S/C21H22FNO3/c1-13-10-11-16(12-18(13)22)21(25)26-14(2)20(24)23-19-9-5-7-15-6-3-4-8-17(15)19/h3-4,6,8,10-12,14,19H,5,7,9H2,1-2H3,(H,23,24)/t14-,19-/m1/s1. The summed E-state index contributed by atoms with van der Waals surface area (Å²) in [6, 6.07) is 12.1. The largest absolute Gasteiger partial charge is 0.449 e. The summed E-state index contributed by atoms with van der Waals surface area (Å²) in [5.74, 6) is -1.54. The van der Waals surface area contributed by atoms with Crippen molar-refractivity contribution in [3.8, 4) is 0 Å². The molecule has 1 aliphatic carbocycles.